The Kier molecular flexibility index (Phi) is 8.31. The van der Waals surface area contributed by atoms with E-state index in [9.17, 15) is 14.0 Å². The number of thiazole rings is 1. The van der Waals surface area contributed by atoms with Crippen LogP contribution in [0.4, 0.5) is 9.18 Å². The summed E-state index contributed by atoms with van der Waals surface area (Å²) in [5.41, 5.74) is 9.52. The van der Waals surface area contributed by atoms with E-state index in [2.05, 4.69) is 24.8 Å². The maximum absolute atomic E-state index is 14.4. The first kappa shape index (κ1) is 32.0. The third kappa shape index (κ3) is 5.98. The fourth-order valence-corrected chi connectivity index (χ4v) is 8.13. The van der Waals surface area contributed by atoms with Gasteiger partial charge in [0.05, 0.1) is 25.0 Å². The molecule has 4 heterocycles. The SMILES string of the molecule is C=CC(=O)N1CCc2nc(-c3nc(-c4ccc5c(c4)CCN(C(=O)OC(C)(C)C)C5)c4c(c3-c3ccc(F)cc3OC)CCC4)sc2C1. The number of nitrogens with zero attached hydrogens (tertiary/aromatic N) is 4. The number of rotatable bonds is 5. The highest BCUT2D eigenvalue weighted by molar-refractivity contribution is 7.15. The highest BCUT2D eigenvalue weighted by atomic mass is 32.1. The predicted molar refractivity (Wildman–Crippen MR) is 184 cm³/mol. The lowest BCUT2D eigenvalue weighted by atomic mass is 9.90. The smallest absolute Gasteiger partial charge is 0.410 e. The Labute approximate surface area is 284 Å². The molecule has 2 amide bonds. The summed E-state index contributed by atoms with van der Waals surface area (Å²) in [6, 6.07) is 11.1. The van der Waals surface area contributed by atoms with Crippen molar-refractivity contribution in [3.05, 3.63) is 87.7 Å². The van der Waals surface area contributed by atoms with Crippen LogP contribution >= 0.6 is 11.3 Å². The van der Waals surface area contributed by atoms with Gasteiger partial charge in [0.15, 0.2) is 0 Å². The molecule has 0 saturated heterocycles. The van der Waals surface area contributed by atoms with Crippen LogP contribution in [0.5, 0.6) is 5.75 Å². The second-order valence-corrected chi connectivity index (χ2v) is 14.7. The molecule has 7 rings (SSSR count). The number of carbonyl (C=O) groups is 2. The van der Waals surface area contributed by atoms with Gasteiger partial charge in [-0.2, -0.15) is 0 Å². The molecular weight excluding hydrogens is 628 g/mol. The number of methoxy groups -OCH3 is 1. The van der Waals surface area contributed by atoms with Gasteiger partial charge in [0.2, 0.25) is 5.91 Å². The summed E-state index contributed by atoms with van der Waals surface area (Å²) in [6.45, 7) is 11.5. The Balaban J connectivity index is 1.34. The topological polar surface area (TPSA) is 84.9 Å². The predicted octanol–water partition coefficient (Wildman–Crippen LogP) is 7.54. The van der Waals surface area contributed by atoms with Crippen molar-refractivity contribution in [3.8, 4) is 38.8 Å². The van der Waals surface area contributed by atoms with Crippen molar-refractivity contribution in [1.82, 2.24) is 19.8 Å². The van der Waals surface area contributed by atoms with Gasteiger partial charge < -0.3 is 19.3 Å². The molecule has 4 aromatic rings. The molecule has 0 spiro atoms. The number of hydrogen-bond donors (Lipinski definition) is 0. The average Bonchev–Trinajstić information content (AvgIpc) is 3.73. The lowest BCUT2D eigenvalue weighted by molar-refractivity contribution is -0.126. The molecule has 8 nitrogen and oxygen atoms in total. The van der Waals surface area contributed by atoms with Crippen LogP contribution in [0.3, 0.4) is 0 Å². The number of hydrogen-bond acceptors (Lipinski definition) is 7. The van der Waals surface area contributed by atoms with Crippen LogP contribution in [0.2, 0.25) is 0 Å². The van der Waals surface area contributed by atoms with Crippen LogP contribution in [0.25, 0.3) is 33.1 Å². The molecule has 0 unspecified atom stereocenters. The molecule has 10 heteroatoms. The fourth-order valence-electron chi connectivity index (χ4n) is 7.01. The maximum atomic E-state index is 14.4. The van der Waals surface area contributed by atoms with Crippen molar-refractivity contribution in [2.24, 2.45) is 0 Å². The number of amides is 2. The number of ether oxygens (including phenoxy) is 2. The molecule has 248 valence electrons. The van der Waals surface area contributed by atoms with Crippen molar-refractivity contribution < 1.29 is 23.5 Å². The van der Waals surface area contributed by atoms with Gasteiger partial charge in [-0.15, -0.1) is 11.3 Å². The minimum atomic E-state index is -0.547. The van der Waals surface area contributed by atoms with Gasteiger partial charge in [-0.1, -0.05) is 18.7 Å². The van der Waals surface area contributed by atoms with E-state index in [0.717, 1.165) is 74.9 Å². The van der Waals surface area contributed by atoms with Crippen molar-refractivity contribution in [3.63, 3.8) is 0 Å². The van der Waals surface area contributed by atoms with E-state index < -0.39 is 5.60 Å². The van der Waals surface area contributed by atoms with Crippen LogP contribution in [0.1, 0.15) is 60.0 Å². The van der Waals surface area contributed by atoms with E-state index in [-0.39, 0.29) is 17.8 Å². The number of aromatic nitrogens is 2. The second kappa shape index (κ2) is 12.5. The standard InChI is InChI=1S/C38H39FN4O4S/c1-6-32(44)42-17-15-29-31(21-42)48-36(40-29)35-33(28-13-12-25(39)19-30(28)46-5)26-8-7-9-27(26)34(41-35)23-10-11-24-20-43(16-14-22(24)18-23)37(45)47-38(2,3)4/h6,10-13,18-19H,1,7-9,14-17,20-21H2,2-5H3. The molecule has 0 N–H and O–H groups in total. The van der Waals surface area contributed by atoms with E-state index in [1.54, 1.807) is 34.3 Å². The first-order valence-electron chi connectivity index (χ1n) is 16.4. The van der Waals surface area contributed by atoms with E-state index in [4.69, 9.17) is 19.4 Å². The summed E-state index contributed by atoms with van der Waals surface area (Å²) < 4.78 is 25.8. The largest absolute Gasteiger partial charge is 0.496 e. The molecule has 2 aromatic heterocycles. The number of halogens is 1. The first-order chi connectivity index (χ1) is 23.0. The Bertz CT molecular complexity index is 1960. The summed E-state index contributed by atoms with van der Waals surface area (Å²) in [6.07, 6.45) is 5.16. The van der Waals surface area contributed by atoms with Gasteiger partial charge in [-0.05, 0) is 93.0 Å². The first-order valence-corrected chi connectivity index (χ1v) is 17.2. The molecular formula is C38H39FN4O4S. The second-order valence-electron chi connectivity index (χ2n) is 13.6. The Morgan fingerprint density at radius 3 is 2.50 bits per heavy atom. The number of carbonyl (C=O) groups excluding carboxylic acids is 2. The number of fused-ring (bicyclic) bond motifs is 3. The molecule has 3 aliphatic rings. The monoisotopic (exact) mass is 666 g/mol. The zero-order chi connectivity index (χ0) is 33.7. The van der Waals surface area contributed by atoms with Gasteiger partial charge >= 0.3 is 6.09 Å². The minimum absolute atomic E-state index is 0.0908. The van der Waals surface area contributed by atoms with E-state index in [0.29, 0.717) is 38.3 Å². The zero-order valence-corrected chi connectivity index (χ0v) is 28.6. The van der Waals surface area contributed by atoms with Gasteiger partial charge in [-0.25, -0.2) is 19.2 Å². The van der Waals surface area contributed by atoms with Gasteiger partial charge in [0, 0.05) is 53.7 Å². The summed E-state index contributed by atoms with van der Waals surface area (Å²) >= 11 is 1.56. The molecule has 0 saturated carbocycles. The van der Waals surface area contributed by atoms with Crippen LogP contribution in [-0.4, -0.2) is 57.6 Å². The number of benzene rings is 2. The van der Waals surface area contributed by atoms with Crippen LogP contribution < -0.4 is 4.74 Å². The quantitative estimate of drug-likeness (QED) is 0.205. The van der Waals surface area contributed by atoms with E-state index in [1.165, 1.54) is 34.9 Å². The molecule has 2 aromatic carbocycles. The van der Waals surface area contributed by atoms with Crippen LogP contribution in [0.15, 0.2) is 49.1 Å². The minimum Gasteiger partial charge on any atom is -0.496 e. The molecule has 1 aliphatic carbocycles. The third-order valence-electron chi connectivity index (χ3n) is 9.26. The normalized spacial score (nSPS) is 15.4. The molecule has 0 atom stereocenters. The Morgan fingerprint density at radius 2 is 1.73 bits per heavy atom. The highest BCUT2D eigenvalue weighted by Crippen LogP contribution is 2.47. The molecule has 0 radical (unpaired) electrons. The Hall–Kier alpha value is -4.57. The summed E-state index contributed by atoms with van der Waals surface area (Å²) in [5.74, 6) is -0.00596. The Morgan fingerprint density at radius 1 is 0.938 bits per heavy atom. The van der Waals surface area contributed by atoms with Gasteiger partial charge in [-0.3, -0.25) is 4.79 Å². The summed E-state index contributed by atoms with van der Waals surface area (Å²) in [4.78, 5) is 40.4. The average molecular weight is 667 g/mol. The van der Waals surface area contributed by atoms with E-state index in [1.807, 2.05) is 20.8 Å². The molecule has 0 bridgehead atoms. The molecule has 0 fully saturated rings. The van der Waals surface area contributed by atoms with Crippen molar-refractivity contribution in [2.45, 2.75) is 71.6 Å². The fraction of sp³-hybridized carbons (Fsp3) is 0.368. The van der Waals surface area contributed by atoms with Crippen molar-refractivity contribution >= 4 is 23.3 Å². The lowest BCUT2D eigenvalue weighted by Crippen LogP contribution is -2.39. The van der Waals surface area contributed by atoms with Gasteiger partial charge in [0.25, 0.3) is 0 Å². The summed E-state index contributed by atoms with van der Waals surface area (Å²) in [5, 5.41) is 0.774. The third-order valence-corrected chi connectivity index (χ3v) is 10.4. The van der Waals surface area contributed by atoms with Crippen LogP contribution in [0, 0.1) is 5.82 Å². The van der Waals surface area contributed by atoms with Crippen LogP contribution in [-0.2, 0) is 48.3 Å². The highest BCUT2D eigenvalue weighted by Gasteiger charge is 2.32. The lowest BCUT2D eigenvalue weighted by Gasteiger charge is -2.31. The molecule has 2 aliphatic heterocycles. The van der Waals surface area contributed by atoms with Crippen molar-refractivity contribution in [1.29, 1.82) is 0 Å². The van der Waals surface area contributed by atoms with Gasteiger partial charge in [0.1, 0.15) is 27.9 Å². The zero-order valence-electron chi connectivity index (χ0n) is 27.8. The number of pyridine rings is 1. The summed E-state index contributed by atoms with van der Waals surface area (Å²) in [7, 11) is 1.56. The van der Waals surface area contributed by atoms with E-state index >= 15 is 0 Å². The van der Waals surface area contributed by atoms with Crippen molar-refractivity contribution in [2.75, 3.05) is 20.2 Å². The maximum Gasteiger partial charge on any atom is 0.410 e. The molecule has 48 heavy (non-hydrogen) atoms.